The van der Waals surface area contributed by atoms with E-state index in [4.69, 9.17) is 9.47 Å². The van der Waals surface area contributed by atoms with Crippen molar-refractivity contribution < 1.29 is 27.5 Å². The lowest BCUT2D eigenvalue weighted by Crippen LogP contribution is -2.46. The van der Waals surface area contributed by atoms with Crippen molar-refractivity contribution in [2.75, 3.05) is 13.1 Å². The number of amides is 2. The number of nitrogens with zero attached hydrogens (tertiary/aromatic N) is 1. The van der Waals surface area contributed by atoms with Gasteiger partial charge in [0, 0.05) is 17.6 Å². The molecular formula is C27H27BrN2O6S. The molecule has 0 unspecified atom stereocenters. The van der Waals surface area contributed by atoms with Crippen molar-refractivity contribution in [3.63, 3.8) is 0 Å². The van der Waals surface area contributed by atoms with Crippen LogP contribution in [0.4, 0.5) is 4.79 Å². The number of piperidine rings is 1. The lowest BCUT2D eigenvalue weighted by atomic mass is 10.1. The monoisotopic (exact) mass is 586 g/mol. The van der Waals surface area contributed by atoms with Crippen LogP contribution >= 0.6 is 15.9 Å². The number of carbonyl (C=O) groups is 2. The summed E-state index contributed by atoms with van der Waals surface area (Å²) in [5.41, 5.74) is 1.90. The fraction of sp³-hybridized carbons (Fsp3) is 0.259. The summed E-state index contributed by atoms with van der Waals surface area (Å²) in [7, 11) is -3.96. The van der Waals surface area contributed by atoms with Crippen molar-refractivity contribution in [1.82, 2.24) is 9.62 Å². The molecule has 2 amide bonds. The van der Waals surface area contributed by atoms with Gasteiger partial charge in [0.15, 0.2) is 0 Å². The number of benzene rings is 3. The molecule has 194 valence electrons. The number of para-hydroxylation sites is 1. The van der Waals surface area contributed by atoms with Crippen molar-refractivity contribution in [3.8, 4) is 5.75 Å². The molecule has 1 saturated heterocycles. The molecule has 0 aliphatic carbocycles. The molecule has 3 aromatic carbocycles. The van der Waals surface area contributed by atoms with E-state index < -0.39 is 27.3 Å². The normalized spacial score (nSPS) is 14.1. The summed E-state index contributed by atoms with van der Waals surface area (Å²) >= 11 is 3.38. The number of ether oxygens (including phenoxy) is 2. The van der Waals surface area contributed by atoms with Gasteiger partial charge in [0.2, 0.25) is 10.0 Å². The minimum absolute atomic E-state index is 0.130. The average molecular weight is 587 g/mol. The highest BCUT2D eigenvalue weighted by molar-refractivity contribution is 9.10. The quantitative estimate of drug-likeness (QED) is 0.403. The van der Waals surface area contributed by atoms with Crippen molar-refractivity contribution in [2.45, 2.75) is 31.3 Å². The van der Waals surface area contributed by atoms with E-state index >= 15 is 0 Å². The summed E-state index contributed by atoms with van der Waals surface area (Å²) in [5.74, 6) is -0.467. The molecule has 0 spiro atoms. The van der Waals surface area contributed by atoms with Crippen LogP contribution in [0.1, 0.15) is 34.3 Å². The Hall–Kier alpha value is -3.37. The number of halogens is 1. The van der Waals surface area contributed by atoms with Crippen LogP contribution in [0.5, 0.6) is 5.75 Å². The lowest BCUT2D eigenvalue weighted by Gasteiger charge is -2.31. The molecule has 0 aromatic heterocycles. The van der Waals surface area contributed by atoms with Crippen LogP contribution in [0.2, 0.25) is 0 Å². The Kier molecular flexibility index (Phi) is 8.83. The third kappa shape index (κ3) is 7.33. The predicted molar refractivity (Wildman–Crippen MR) is 143 cm³/mol. The number of nitrogens with one attached hydrogen (secondary N) is 1. The fourth-order valence-electron chi connectivity index (χ4n) is 3.95. The van der Waals surface area contributed by atoms with Crippen LogP contribution < -0.4 is 9.46 Å². The lowest BCUT2D eigenvalue weighted by molar-refractivity contribution is 0.0892. The van der Waals surface area contributed by atoms with E-state index in [9.17, 15) is 18.0 Å². The van der Waals surface area contributed by atoms with Gasteiger partial charge in [-0.25, -0.2) is 17.9 Å². The summed E-state index contributed by atoms with van der Waals surface area (Å²) in [6, 6.07) is 23.4. The second kappa shape index (κ2) is 12.2. The van der Waals surface area contributed by atoms with Crippen molar-refractivity contribution in [3.05, 3.63) is 100 Å². The van der Waals surface area contributed by atoms with Gasteiger partial charge in [0.25, 0.3) is 5.91 Å². The first kappa shape index (κ1) is 26.7. The topological polar surface area (TPSA) is 102 Å². The maximum atomic E-state index is 13.0. The summed E-state index contributed by atoms with van der Waals surface area (Å²) in [6.07, 6.45) is -0.0872. The highest BCUT2D eigenvalue weighted by atomic mass is 79.9. The van der Waals surface area contributed by atoms with Crippen LogP contribution in [0.15, 0.2) is 83.3 Å². The third-order valence-corrected chi connectivity index (χ3v) is 8.37. The van der Waals surface area contributed by atoms with Crippen LogP contribution in [0.3, 0.4) is 0 Å². The van der Waals surface area contributed by atoms with E-state index in [1.807, 2.05) is 54.6 Å². The Bertz CT molecular complexity index is 1320. The number of hydrogen-bond donors (Lipinski definition) is 1. The zero-order valence-electron chi connectivity index (χ0n) is 20.0. The van der Waals surface area contributed by atoms with Crippen molar-refractivity contribution in [1.29, 1.82) is 0 Å². The van der Waals surface area contributed by atoms with Gasteiger partial charge < -0.3 is 14.4 Å². The molecule has 10 heteroatoms. The molecule has 1 fully saturated rings. The zero-order chi connectivity index (χ0) is 26.3. The number of hydrogen-bond acceptors (Lipinski definition) is 6. The predicted octanol–water partition coefficient (Wildman–Crippen LogP) is 4.89. The second-order valence-corrected chi connectivity index (χ2v) is 11.5. The van der Waals surface area contributed by atoms with Crippen molar-refractivity contribution >= 4 is 38.0 Å². The molecule has 3 aromatic rings. The maximum absolute atomic E-state index is 13.0. The Morgan fingerprint density at radius 2 is 1.49 bits per heavy atom. The van der Waals surface area contributed by atoms with Gasteiger partial charge in [-0.3, -0.25) is 4.79 Å². The molecule has 0 radical (unpaired) electrons. The average Bonchev–Trinajstić information content (AvgIpc) is 2.92. The standard InChI is InChI=1S/C27H27BrN2O6S/c28-22-12-10-21(11-13-22)18-35-25-9-5-4-8-24(25)26(31)29-37(33,34)23-14-16-30(17-15-23)27(32)36-19-20-6-2-1-3-7-20/h1-13,23H,14-19H2,(H,29,31). The third-order valence-electron chi connectivity index (χ3n) is 6.02. The first-order valence-corrected chi connectivity index (χ1v) is 14.1. The van der Waals surface area contributed by atoms with E-state index in [0.717, 1.165) is 15.6 Å². The summed E-state index contributed by atoms with van der Waals surface area (Å²) in [5, 5.41) is -0.800. The minimum Gasteiger partial charge on any atom is -0.488 e. The number of sulfonamides is 1. The molecular weight excluding hydrogens is 560 g/mol. The van der Waals surface area contributed by atoms with Crippen LogP contribution in [-0.2, 0) is 28.0 Å². The Labute approximate surface area is 224 Å². The molecule has 1 heterocycles. The highest BCUT2D eigenvalue weighted by Gasteiger charge is 2.33. The summed E-state index contributed by atoms with van der Waals surface area (Å²) < 4.78 is 40.2. The maximum Gasteiger partial charge on any atom is 0.410 e. The van der Waals surface area contributed by atoms with Gasteiger partial charge in [0.05, 0.1) is 10.8 Å². The van der Waals surface area contributed by atoms with Crippen LogP contribution in [-0.4, -0.2) is 43.7 Å². The largest absolute Gasteiger partial charge is 0.488 e. The van der Waals surface area contributed by atoms with Gasteiger partial charge >= 0.3 is 6.09 Å². The Balaban J connectivity index is 1.31. The van der Waals surface area contributed by atoms with Gasteiger partial charge in [-0.15, -0.1) is 0 Å². The van der Waals surface area contributed by atoms with Gasteiger partial charge in [-0.05, 0) is 48.2 Å². The first-order chi connectivity index (χ1) is 17.8. The van der Waals surface area contributed by atoms with E-state index in [-0.39, 0.29) is 50.5 Å². The molecule has 37 heavy (non-hydrogen) atoms. The molecule has 4 rings (SSSR count). The van der Waals surface area contributed by atoms with E-state index in [1.54, 1.807) is 18.2 Å². The van der Waals surface area contributed by atoms with Crippen LogP contribution in [0.25, 0.3) is 0 Å². The molecule has 1 aliphatic heterocycles. The zero-order valence-corrected chi connectivity index (χ0v) is 22.4. The van der Waals surface area contributed by atoms with Crippen LogP contribution in [0, 0.1) is 0 Å². The Morgan fingerprint density at radius 3 is 2.19 bits per heavy atom. The van der Waals surface area contributed by atoms with Crippen molar-refractivity contribution in [2.24, 2.45) is 0 Å². The summed E-state index contributed by atoms with van der Waals surface area (Å²) in [6.45, 7) is 0.820. The summed E-state index contributed by atoms with van der Waals surface area (Å²) in [4.78, 5) is 26.8. The molecule has 1 N–H and O–H groups in total. The van der Waals surface area contributed by atoms with E-state index in [2.05, 4.69) is 20.7 Å². The molecule has 1 aliphatic rings. The first-order valence-electron chi connectivity index (χ1n) is 11.8. The molecule has 8 nitrogen and oxygen atoms in total. The van der Waals surface area contributed by atoms with Gasteiger partial charge in [-0.1, -0.05) is 70.5 Å². The molecule has 0 saturated carbocycles. The Morgan fingerprint density at radius 1 is 0.865 bits per heavy atom. The second-order valence-electron chi connectivity index (χ2n) is 8.61. The van der Waals surface area contributed by atoms with Gasteiger partial charge in [0.1, 0.15) is 19.0 Å². The molecule has 0 bridgehead atoms. The SMILES string of the molecule is O=C(NS(=O)(=O)C1CCN(C(=O)OCc2ccccc2)CC1)c1ccccc1OCc1ccc(Br)cc1. The smallest absolute Gasteiger partial charge is 0.410 e. The van der Waals surface area contributed by atoms with Gasteiger partial charge in [-0.2, -0.15) is 0 Å². The highest BCUT2D eigenvalue weighted by Crippen LogP contribution is 2.22. The van der Waals surface area contributed by atoms with E-state index in [1.165, 1.54) is 11.0 Å². The van der Waals surface area contributed by atoms with E-state index in [0.29, 0.717) is 0 Å². The number of rotatable bonds is 8. The molecule has 0 atom stereocenters. The number of carbonyl (C=O) groups excluding carboxylic acids is 2. The fourth-order valence-corrected chi connectivity index (χ4v) is 5.58. The minimum atomic E-state index is -3.96. The number of likely N-dealkylation sites (tertiary alicyclic amines) is 1.